The number of rotatable bonds is 1. The zero-order valence-electron chi connectivity index (χ0n) is 8.42. The molecule has 86 valence electrons. The Hall–Kier alpha value is -1.63. The van der Waals surface area contributed by atoms with Crippen molar-refractivity contribution in [3.8, 4) is 0 Å². The standard InChI is InChI=1S/C9H10BrFN4O/c1-15(9(16)14-8(12)13)7-5(10)3-2-4-6(7)11/h2-4H,1H3,(H4,12,13,14,16). The Labute approximate surface area is 100 Å². The van der Waals surface area contributed by atoms with Crippen LogP contribution in [0.3, 0.4) is 0 Å². The van der Waals surface area contributed by atoms with Crippen LogP contribution in [0.4, 0.5) is 14.9 Å². The van der Waals surface area contributed by atoms with E-state index in [-0.39, 0.29) is 5.69 Å². The SMILES string of the molecule is CN(C(=O)NC(=N)N)c1c(F)cccc1Br. The number of halogens is 2. The van der Waals surface area contributed by atoms with Gasteiger partial charge in [-0.1, -0.05) is 6.07 Å². The summed E-state index contributed by atoms with van der Waals surface area (Å²) in [5.41, 5.74) is 5.09. The monoisotopic (exact) mass is 288 g/mol. The number of guanidine groups is 1. The van der Waals surface area contributed by atoms with Gasteiger partial charge in [-0.2, -0.15) is 0 Å². The summed E-state index contributed by atoms with van der Waals surface area (Å²) in [6.07, 6.45) is 0. The molecule has 0 heterocycles. The number of carbonyl (C=O) groups excluding carboxylic acids is 1. The maximum Gasteiger partial charge on any atom is 0.328 e. The van der Waals surface area contributed by atoms with Crippen molar-refractivity contribution in [1.82, 2.24) is 5.32 Å². The predicted molar refractivity (Wildman–Crippen MR) is 62.9 cm³/mol. The van der Waals surface area contributed by atoms with Crippen LogP contribution in [-0.4, -0.2) is 19.0 Å². The summed E-state index contributed by atoms with van der Waals surface area (Å²) >= 11 is 3.14. The van der Waals surface area contributed by atoms with Gasteiger partial charge < -0.3 is 5.73 Å². The number of hydrogen-bond acceptors (Lipinski definition) is 2. The molecule has 16 heavy (non-hydrogen) atoms. The van der Waals surface area contributed by atoms with Crippen LogP contribution in [0.5, 0.6) is 0 Å². The summed E-state index contributed by atoms with van der Waals surface area (Å²) in [5.74, 6) is -1.04. The Morgan fingerprint density at radius 2 is 2.25 bits per heavy atom. The second-order valence-electron chi connectivity index (χ2n) is 2.97. The van der Waals surface area contributed by atoms with Gasteiger partial charge in [0.25, 0.3) is 0 Å². The molecule has 5 nitrogen and oxygen atoms in total. The Morgan fingerprint density at radius 1 is 1.62 bits per heavy atom. The highest BCUT2D eigenvalue weighted by Crippen LogP contribution is 2.28. The number of benzene rings is 1. The van der Waals surface area contributed by atoms with Crippen LogP contribution in [0.1, 0.15) is 0 Å². The molecule has 0 unspecified atom stereocenters. The molecular formula is C9H10BrFN4O. The second-order valence-corrected chi connectivity index (χ2v) is 3.83. The molecule has 0 fully saturated rings. The molecule has 1 rings (SSSR count). The molecule has 0 bridgehead atoms. The molecule has 1 aromatic carbocycles. The van der Waals surface area contributed by atoms with Crippen molar-refractivity contribution in [3.05, 3.63) is 28.5 Å². The molecule has 0 saturated carbocycles. The van der Waals surface area contributed by atoms with Crippen LogP contribution >= 0.6 is 15.9 Å². The van der Waals surface area contributed by atoms with E-state index in [0.717, 1.165) is 4.90 Å². The minimum Gasteiger partial charge on any atom is -0.370 e. The first-order valence-corrected chi connectivity index (χ1v) is 5.05. The zero-order chi connectivity index (χ0) is 12.3. The molecule has 0 saturated heterocycles. The van der Waals surface area contributed by atoms with Gasteiger partial charge in [-0.25, -0.2) is 9.18 Å². The Morgan fingerprint density at radius 3 is 2.75 bits per heavy atom. The topological polar surface area (TPSA) is 82.2 Å². The number of nitrogens with two attached hydrogens (primary N) is 1. The number of amides is 2. The number of urea groups is 1. The quantitative estimate of drug-likeness (QED) is 0.542. The number of nitrogens with one attached hydrogen (secondary N) is 2. The number of nitrogens with zero attached hydrogens (tertiary/aromatic N) is 1. The molecule has 0 spiro atoms. The van der Waals surface area contributed by atoms with Crippen LogP contribution in [0.2, 0.25) is 0 Å². The maximum atomic E-state index is 13.5. The smallest absolute Gasteiger partial charge is 0.328 e. The van der Waals surface area contributed by atoms with Crippen molar-refractivity contribution in [3.63, 3.8) is 0 Å². The third-order valence-corrected chi connectivity index (χ3v) is 2.46. The first-order chi connectivity index (χ1) is 7.43. The minimum absolute atomic E-state index is 0.0845. The fourth-order valence-electron chi connectivity index (χ4n) is 1.11. The summed E-state index contributed by atoms with van der Waals surface area (Å²) in [5, 5.41) is 8.96. The second kappa shape index (κ2) is 4.93. The van der Waals surface area contributed by atoms with Gasteiger partial charge in [0.1, 0.15) is 5.82 Å². The zero-order valence-corrected chi connectivity index (χ0v) is 10.0. The van der Waals surface area contributed by atoms with E-state index in [0.29, 0.717) is 4.47 Å². The molecule has 4 N–H and O–H groups in total. The molecule has 1 aromatic rings. The Bertz CT molecular complexity index is 417. The van der Waals surface area contributed by atoms with Crippen molar-refractivity contribution < 1.29 is 9.18 Å². The minimum atomic E-state index is -0.682. The van der Waals surface area contributed by atoms with Gasteiger partial charge in [-0.15, -0.1) is 0 Å². The maximum absolute atomic E-state index is 13.5. The average Bonchev–Trinajstić information content (AvgIpc) is 2.16. The van der Waals surface area contributed by atoms with Gasteiger partial charge in [0, 0.05) is 11.5 Å². The van der Waals surface area contributed by atoms with E-state index in [9.17, 15) is 9.18 Å². The fourth-order valence-corrected chi connectivity index (χ4v) is 1.72. The summed E-state index contributed by atoms with van der Waals surface area (Å²) < 4.78 is 13.9. The lowest BCUT2D eigenvalue weighted by Crippen LogP contribution is -2.44. The molecule has 0 aliphatic rings. The molecule has 0 aromatic heterocycles. The molecule has 2 amide bonds. The lowest BCUT2D eigenvalue weighted by molar-refractivity contribution is 0.251. The van der Waals surface area contributed by atoms with Crippen molar-refractivity contribution in [2.45, 2.75) is 0 Å². The van der Waals surface area contributed by atoms with E-state index in [1.54, 1.807) is 6.07 Å². The van der Waals surface area contributed by atoms with Gasteiger partial charge in [0.15, 0.2) is 5.96 Å². The first-order valence-electron chi connectivity index (χ1n) is 4.26. The van der Waals surface area contributed by atoms with Gasteiger partial charge in [-0.3, -0.25) is 15.6 Å². The first kappa shape index (κ1) is 12.4. The summed E-state index contributed by atoms with van der Waals surface area (Å²) in [4.78, 5) is 12.5. The van der Waals surface area contributed by atoms with Crippen LogP contribution in [0.25, 0.3) is 0 Å². The highest BCUT2D eigenvalue weighted by atomic mass is 79.9. The Kier molecular flexibility index (Phi) is 3.83. The normalized spacial score (nSPS) is 9.69. The van der Waals surface area contributed by atoms with Gasteiger partial charge in [0.05, 0.1) is 5.69 Å². The van der Waals surface area contributed by atoms with E-state index < -0.39 is 17.8 Å². The predicted octanol–water partition coefficient (Wildman–Crippen LogP) is 1.63. The third-order valence-electron chi connectivity index (χ3n) is 1.82. The van der Waals surface area contributed by atoms with E-state index in [2.05, 4.69) is 21.2 Å². The number of hydrogen-bond donors (Lipinski definition) is 3. The lowest BCUT2D eigenvalue weighted by atomic mass is 10.3. The van der Waals surface area contributed by atoms with Crippen LogP contribution in [0, 0.1) is 11.2 Å². The highest BCUT2D eigenvalue weighted by Gasteiger charge is 2.17. The molecule has 0 aliphatic carbocycles. The largest absolute Gasteiger partial charge is 0.370 e. The lowest BCUT2D eigenvalue weighted by Gasteiger charge is -2.19. The van der Waals surface area contributed by atoms with Gasteiger partial charge in [0.2, 0.25) is 0 Å². The molecule has 0 atom stereocenters. The molecule has 0 aliphatic heterocycles. The van der Waals surface area contributed by atoms with Crippen molar-refractivity contribution in [2.24, 2.45) is 5.73 Å². The van der Waals surface area contributed by atoms with E-state index in [1.165, 1.54) is 19.2 Å². The molecule has 0 radical (unpaired) electrons. The van der Waals surface area contributed by atoms with Crippen LogP contribution in [-0.2, 0) is 0 Å². The van der Waals surface area contributed by atoms with E-state index in [4.69, 9.17) is 11.1 Å². The van der Waals surface area contributed by atoms with E-state index in [1.807, 2.05) is 0 Å². The number of anilines is 1. The highest BCUT2D eigenvalue weighted by molar-refractivity contribution is 9.10. The van der Waals surface area contributed by atoms with Gasteiger partial charge >= 0.3 is 6.03 Å². The summed E-state index contributed by atoms with van der Waals surface area (Å²) in [6, 6.07) is 3.67. The van der Waals surface area contributed by atoms with Crippen molar-refractivity contribution >= 4 is 33.6 Å². The summed E-state index contributed by atoms with van der Waals surface area (Å²) in [6.45, 7) is 0. The number of para-hydroxylation sites is 1. The molecule has 7 heteroatoms. The average molecular weight is 289 g/mol. The van der Waals surface area contributed by atoms with Gasteiger partial charge in [-0.05, 0) is 28.1 Å². The van der Waals surface area contributed by atoms with Crippen molar-refractivity contribution in [1.29, 1.82) is 5.41 Å². The molecular weight excluding hydrogens is 279 g/mol. The van der Waals surface area contributed by atoms with Crippen molar-refractivity contribution in [2.75, 3.05) is 11.9 Å². The Balaban J connectivity index is 3.00. The van der Waals surface area contributed by atoms with Crippen LogP contribution < -0.4 is 16.0 Å². The van der Waals surface area contributed by atoms with E-state index >= 15 is 0 Å². The number of carbonyl (C=O) groups is 1. The fraction of sp³-hybridized carbons (Fsp3) is 0.111. The van der Waals surface area contributed by atoms with Crippen LogP contribution in [0.15, 0.2) is 22.7 Å². The summed E-state index contributed by atoms with van der Waals surface area (Å²) in [7, 11) is 1.38. The third kappa shape index (κ3) is 2.69.